The smallest absolute Gasteiger partial charge is 0.253 e. The molecule has 7 nitrogen and oxygen atoms in total. The van der Waals surface area contributed by atoms with Crippen molar-refractivity contribution in [3.05, 3.63) is 53.6 Å². The number of piperazine rings is 1. The molecule has 3 aromatic rings. The van der Waals surface area contributed by atoms with Gasteiger partial charge in [-0.2, -0.15) is 4.31 Å². The summed E-state index contributed by atoms with van der Waals surface area (Å²) in [5.41, 5.74) is 2.85. The highest BCUT2D eigenvalue weighted by Crippen LogP contribution is 2.31. The zero-order chi connectivity index (χ0) is 23.2. The van der Waals surface area contributed by atoms with E-state index in [1.54, 1.807) is 42.6 Å². The molecule has 2 aromatic carbocycles. The van der Waals surface area contributed by atoms with Crippen LogP contribution in [0.1, 0.15) is 35.7 Å². The van der Waals surface area contributed by atoms with Crippen molar-refractivity contribution in [2.45, 2.75) is 37.1 Å². The molecule has 0 spiro atoms. The number of rotatable bonds is 6. The fraction of sp³-hybridized carbons (Fsp3) is 0.417. The van der Waals surface area contributed by atoms with Crippen molar-refractivity contribution in [1.82, 2.24) is 14.2 Å². The molecule has 2 heterocycles. The Morgan fingerprint density at radius 1 is 1.09 bits per heavy atom. The maximum atomic E-state index is 13.0. The second-order valence-corrected chi connectivity index (χ2v) is 11.7. The summed E-state index contributed by atoms with van der Waals surface area (Å²) in [5.74, 6) is -0.0639. The van der Waals surface area contributed by atoms with Gasteiger partial charge in [-0.15, -0.1) is 0 Å². The predicted molar refractivity (Wildman–Crippen MR) is 132 cm³/mol. The maximum Gasteiger partial charge on any atom is 0.253 e. The zero-order valence-corrected chi connectivity index (χ0v) is 20.5. The number of hydrogen-bond acceptors (Lipinski definition) is 6. The fourth-order valence-corrected chi connectivity index (χ4v) is 6.66. The zero-order valence-electron chi connectivity index (χ0n) is 18.9. The first kappa shape index (κ1) is 22.3. The summed E-state index contributed by atoms with van der Waals surface area (Å²) in [5, 5.41) is 1.000. The molecule has 1 saturated heterocycles. The van der Waals surface area contributed by atoms with Crippen LogP contribution < -0.4 is 4.90 Å². The van der Waals surface area contributed by atoms with Gasteiger partial charge in [0.1, 0.15) is 0 Å². The normalized spacial score (nSPS) is 17.2. The van der Waals surface area contributed by atoms with E-state index < -0.39 is 10.0 Å². The largest absolute Gasteiger partial charge is 0.345 e. The van der Waals surface area contributed by atoms with Crippen molar-refractivity contribution in [2.24, 2.45) is 0 Å². The number of nitrogens with zero attached hydrogens (tertiary/aromatic N) is 4. The maximum absolute atomic E-state index is 13.0. The minimum atomic E-state index is -3.50. The molecule has 0 N–H and O–H groups in total. The fourth-order valence-electron chi connectivity index (χ4n) is 4.17. The van der Waals surface area contributed by atoms with Crippen molar-refractivity contribution >= 4 is 42.6 Å². The summed E-state index contributed by atoms with van der Waals surface area (Å²) in [6.07, 6.45) is 2.83. The molecular weight excluding hydrogens is 456 g/mol. The third-order valence-electron chi connectivity index (χ3n) is 6.53. The average molecular weight is 485 g/mol. The van der Waals surface area contributed by atoms with E-state index in [0.717, 1.165) is 43.0 Å². The second-order valence-electron chi connectivity index (χ2n) is 8.71. The molecule has 0 unspecified atom stereocenters. The molecule has 0 radical (unpaired) electrons. The lowest BCUT2D eigenvalue weighted by Gasteiger charge is -2.34. The molecule has 1 amide bonds. The Kier molecular flexibility index (Phi) is 5.88. The van der Waals surface area contributed by atoms with Crippen molar-refractivity contribution in [3.63, 3.8) is 0 Å². The molecule has 1 aliphatic carbocycles. The second kappa shape index (κ2) is 8.70. The van der Waals surface area contributed by atoms with E-state index in [1.165, 1.54) is 14.6 Å². The topological polar surface area (TPSA) is 73.8 Å². The van der Waals surface area contributed by atoms with E-state index >= 15 is 0 Å². The number of fused-ring (bicyclic) bond motifs is 1. The summed E-state index contributed by atoms with van der Waals surface area (Å²) in [6.45, 7) is 4.83. The minimum Gasteiger partial charge on any atom is -0.345 e. The van der Waals surface area contributed by atoms with Crippen LogP contribution in [0.5, 0.6) is 0 Å². The van der Waals surface area contributed by atoms with Crippen LogP contribution >= 0.6 is 11.3 Å². The van der Waals surface area contributed by atoms with Crippen LogP contribution in [0.3, 0.4) is 0 Å². The van der Waals surface area contributed by atoms with E-state index in [1.807, 2.05) is 4.90 Å². The summed E-state index contributed by atoms with van der Waals surface area (Å²) in [7, 11) is -1.88. The Morgan fingerprint density at radius 2 is 1.79 bits per heavy atom. The lowest BCUT2D eigenvalue weighted by atomic mass is 10.2. The number of carbonyl (C=O) groups excluding carboxylic acids is 1. The quantitative estimate of drug-likeness (QED) is 0.535. The van der Waals surface area contributed by atoms with Crippen LogP contribution in [0.4, 0.5) is 5.13 Å². The molecule has 1 aliphatic heterocycles. The monoisotopic (exact) mass is 484 g/mol. The average Bonchev–Trinajstić information content (AvgIpc) is 3.61. The lowest BCUT2D eigenvalue weighted by molar-refractivity contribution is 0.0746. The number of amides is 1. The van der Waals surface area contributed by atoms with Gasteiger partial charge >= 0.3 is 0 Å². The van der Waals surface area contributed by atoms with Crippen molar-refractivity contribution < 1.29 is 13.2 Å². The molecule has 33 heavy (non-hydrogen) atoms. The van der Waals surface area contributed by atoms with Gasteiger partial charge in [0.05, 0.1) is 15.1 Å². The predicted octanol–water partition coefficient (Wildman–Crippen LogP) is 3.60. The van der Waals surface area contributed by atoms with Gasteiger partial charge in [0.15, 0.2) is 5.13 Å². The molecule has 2 aliphatic rings. The van der Waals surface area contributed by atoms with E-state index in [-0.39, 0.29) is 16.8 Å². The summed E-state index contributed by atoms with van der Waals surface area (Å²) < 4.78 is 28.0. The van der Waals surface area contributed by atoms with Gasteiger partial charge in [0.2, 0.25) is 10.0 Å². The van der Waals surface area contributed by atoms with E-state index in [2.05, 4.69) is 30.0 Å². The van der Waals surface area contributed by atoms with Gasteiger partial charge in [-0.3, -0.25) is 4.79 Å². The van der Waals surface area contributed by atoms with Gasteiger partial charge in [0, 0.05) is 44.8 Å². The van der Waals surface area contributed by atoms with Crippen molar-refractivity contribution in [2.75, 3.05) is 38.1 Å². The standard InChI is InChI=1S/C24H28N4O3S2/c1-3-17-4-11-21-22(16-17)32-24(25-21)28-14-12-27(13-15-28)23(29)18-5-9-20(10-6-18)33(30,31)26(2)19-7-8-19/h4-6,9-11,16,19H,3,7-8,12-15H2,1-2H3. The van der Waals surface area contributed by atoms with Crippen molar-refractivity contribution in [3.8, 4) is 0 Å². The molecular formula is C24H28N4O3S2. The highest BCUT2D eigenvalue weighted by molar-refractivity contribution is 7.89. The summed E-state index contributed by atoms with van der Waals surface area (Å²) in [6, 6.07) is 12.9. The number of benzene rings is 2. The highest BCUT2D eigenvalue weighted by atomic mass is 32.2. The van der Waals surface area contributed by atoms with Crippen LogP contribution in [0, 0.1) is 0 Å². The Labute approximate surface area is 198 Å². The molecule has 1 saturated carbocycles. The third-order valence-corrected chi connectivity index (χ3v) is 9.53. The third kappa shape index (κ3) is 4.37. The van der Waals surface area contributed by atoms with Gasteiger partial charge in [0.25, 0.3) is 5.91 Å². The first-order valence-corrected chi connectivity index (χ1v) is 13.6. The lowest BCUT2D eigenvalue weighted by Crippen LogP contribution is -2.48. The van der Waals surface area contributed by atoms with Crippen LogP contribution in [-0.2, 0) is 16.4 Å². The number of aromatic nitrogens is 1. The van der Waals surface area contributed by atoms with Gasteiger partial charge in [-0.05, 0) is 61.2 Å². The number of carbonyl (C=O) groups is 1. The van der Waals surface area contributed by atoms with Gasteiger partial charge < -0.3 is 9.80 Å². The number of sulfonamides is 1. The summed E-state index contributed by atoms with van der Waals surface area (Å²) in [4.78, 5) is 22.1. The van der Waals surface area contributed by atoms with Crippen LogP contribution in [0.25, 0.3) is 10.2 Å². The Morgan fingerprint density at radius 3 is 2.42 bits per heavy atom. The SMILES string of the molecule is CCc1ccc2nc(N3CCN(C(=O)c4ccc(S(=O)(=O)N(C)C5CC5)cc4)CC3)sc2c1. The summed E-state index contributed by atoms with van der Waals surface area (Å²) >= 11 is 1.70. The number of aryl methyl sites for hydroxylation is 1. The molecule has 0 bridgehead atoms. The van der Waals surface area contributed by atoms with Crippen LogP contribution in [0.2, 0.25) is 0 Å². The van der Waals surface area contributed by atoms with Crippen LogP contribution in [0.15, 0.2) is 47.4 Å². The molecule has 5 rings (SSSR count). The minimum absolute atomic E-state index is 0.0639. The first-order chi connectivity index (χ1) is 15.9. The van der Waals surface area contributed by atoms with Gasteiger partial charge in [-0.25, -0.2) is 13.4 Å². The Balaban J connectivity index is 1.23. The van der Waals surface area contributed by atoms with Gasteiger partial charge in [-0.1, -0.05) is 24.3 Å². The molecule has 1 aromatic heterocycles. The van der Waals surface area contributed by atoms with E-state index in [9.17, 15) is 13.2 Å². The first-order valence-electron chi connectivity index (χ1n) is 11.4. The Bertz CT molecular complexity index is 1270. The van der Waals surface area contributed by atoms with Crippen molar-refractivity contribution in [1.29, 1.82) is 0 Å². The molecule has 2 fully saturated rings. The van der Waals surface area contributed by atoms with Crippen LogP contribution in [-0.4, -0.2) is 67.8 Å². The van der Waals surface area contributed by atoms with E-state index in [4.69, 9.17) is 4.98 Å². The molecule has 0 atom stereocenters. The number of thiazole rings is 1. The molecule has 9 heteroatoms. The number of anilines is 1. The highest BCUT2D eigenvalue weighted by Gasteiger charge is 2.35. The molecule has 174 valence electrons. The van der Waals surface area contributed by atoms with E-state index in [0.29, 0.717) is 18.7 Å². The Hall–Kier alpha value is -2.49. The number of hydrogen-bond donors (Lipinski definition) is 0.